The van der Waals surface area contributed by atoms with Crippen LogP contribution in [0.2, 0.25) is 0 Å². The Hall–Kier alpha value is -2.90. The van der Waals surface area contributed by atoms with Gasteiger partial charge in [0.2, 0.25) is 11.8 Å². The van der Waals surface area contributed by atoms with E-state index in [1.54, 1.807) is 13.3 Å². The number of rotatable bonds is 11. The number of methoxy groups -OCH3 is 1. The molecule has 1 amide bonds. The van der Waals surface area contributed by atoms with Gasteiger partial charge in [-0.05, 0) is 57.6 Å². The van der Waals surface area contributed by atoms with Gasteiger partial charge in [0.25, 0.3) is 0 Å². The monoisotopic (exact) mass is 495 g/mol. The number of hydrazine groups is 1. The van der Waals surface area contributed by atoms with E-state index in [1.807, 2.05) is 47.3 Å². The third-order valence-electron chi connectivity index (χ3n) is 6.02. The first-order valence-corrected chi connectivity index (χ1v) is 13.1. The van der Waals surface area contributed by atoms with Crippen molar-refractivity contribution < 1.29 is 9.53 Å². The second kappa shape index (κ2) is 15.3. The molecule has 0 spiro atoms. The van der Waals surface area contributed by atoms with Gasteiger partial charge in [0.15, 0.2) is 0 Å². The Labute approximate surface area is 218 Å². The predicted molar refractivity (Wildman–Crippen MR) is 150 cm³/mol. The summed E-state index contributed by atoms with van der Waals surface area (Å²) in [6.45, 7) is 9.24. The van der Waals surface area contributed by atoms with E-state index >= 15 is 0 Å². The maximum atomic E-state index is 13.5. The molecule has 0 aliphatic carbocycles. The Bertz CT molecular complexity index is 930. The van der Waals surface area contributed by atoms with Gasteiger partial charge in [-0.2, -0.15) is 0 Å². The highest BCUT2D eigenvalue weighted by Crippen LogP contribution is 2.35. The molecule has 0 fully saturated rings. The minimum atomic E-state index is -0.356. The van der Waals surface area contributed by atoms with Crippen LogP contribution in [0.3, 0.4) is 0 Å². The Balaban J connectivity index is 0.000000678. The molecule has 1 atom stereocenters. The summed E-state index contributed by atoms with van der Waals surface area (Å²) in [5.41, 5.74) is 2.93. The standard InChI is InChI=1S/C24H32N4O2.C5H13N/c1-5-7-16-27(15-6-2)24(29)22-17-21(19-11-9-8-10-12-19)28(26(22)3)20-13-14-23(30-4)25-18-20;1-4-5-6(2)3/h8-14,17-18,22H,5-7,15-16H2,1-4H3;4-5H2,1-3H3. The Morgan fingerprint density at radius 3 is 2.17 bits per heavy atom. The highest BCUT2D eigenvalue weighted by atomic mass is 16.5. The van der Waals surface area contributed by atoms with E-state index in [9.17, 15) is 4.79 Å². The van der Waals surface area contributed by atoms with Gasteiger partial charge in [-0.1, -0.05) is 57.5 Å². The van der Waals surface area contributed by atoms with Gasteiger partial charge in [0, 0.05) is 26.2 Å². The summed E-state index contributed by atoms with van der Waals surface area (Å²) in [7, 11) is 7.74. The molecule has 198 valence electrons. The quantitative estimate of drug-likeness (QED) is 0.429. The van der Waals surface area contributed by atoms with Crippen molar-refractivity contribution in [2.45, 2.75) is 52.5 Å². The molecule has 2 heterocycles. The van der Waals surface area contributed by atoms with Crippen LogP contribution in [0.5, 0.6) is 5.88 Å². The van der Waals surface area contributed by atoms with Gasteiger partial charge in [-0.25, -0.2) is 9.99 Å². The van der Waals surface area contributed by atoms with Crippen LogP contribution < -0.4 is 9.75 Å². The number of hydrogen-bond acceptors (Lipinski definition) is 6. The molecule has 0 N–H and O–H groups in total. The zero-order valence-corrected chi connectivity index (χ0v) is 23.3. The van der Waals surface area contributed by atoms with E-state index in [1.165, 1.54) is 13.0 Å². The van der Waals surface area contributed by atoms with Crippen molar-refractivity contribution in [1.29, 1.82) is 0 Å². The van der Waals surface area contributed by atoms with Crippen molar-refractivity contribution in [3.05, 3.63) is 60.3 Å². The molecule has 0 bridgehead atoms. The van der Waals surface area contributed by atoms with Crippen LogP contribution in [0.4, 0.5) is 5.69 Å². The Morgan fingerprint density at radius 2 is 1.67 bits per heavy atom. The molecule has 1 aliphatic rings. The van der Waals surface area contributed by atoms with Gasteiger partial charge in [-0.15, -0.1) is 0 Å². The smallest absolute Gasteiger partial charge is 0.245 e. The van der Waals surface area contributed by atoms with E-state index in [-0.39, 0.29) is 11.9 Å². The molecule has 1 aromatic heterocycles. The number of likely N-dealkylation sites (N-methyl/N-ethyl adjacent to an activating group) is 1. The molecule has 2 aromatic rings. The van der Waals surface area contributed by atoms with Crippen LogP contribution in [0, 0.1) is 0 Å². The summed E-state index contributed by atoms with van der Waals surface area (Å²) in [6, 6.07) is 13.6. The summed E-state index contributed by atoms with van der Waals surface area (Å²) in [6.07, 6.45) is 8.14. The van der Waals surface area contributed by atoms with Crippen molar-refractivity contribution in [3.8, 4) is 5.88 Å². The molecule has 0 radical (unpaired) electrons. The second-order valence-electron chi connectivity index (χ2n) is 9.29. The molecular weight excluding hydrogens is 450 g/mol. The van der Waals surface area contributed by atoms with Crippen LogP contribution in [-0.4, -0.2) is 79.6 Å². The van der Waals surface area contributed by atoms with Gasteiger partial charge in [-0.3, -0.25) is 9.80 Å². The zero-order chi connectivity index (χ0) is 26.5. The van der Waals surface area contributed by atoms with Crippen molar-refractivity contribution in [3.63, 3.8) is 0 Å². The lowest BCUT2D eigenvalue weighted by Gasteiger charge is -2.34. The van der Waals surface area contributed by atoms with E-state index in [2.05, 4.69) is 68.0 Å². The predicted octanol–water partition coefficient (Wildman–Crippen LogP) is 5.16. The third kappa shape index (κ3) is 8.07. The van der Waals surface area contributed by atoms with Gasteiger partial charge in [0.1, 0.15) is 6.04 Å². The number of anilines is 1. The molecular formula is C29H45N5O2. The molecule has 36 heavy (non-hydrogen) atoms. The van der Waals surface area contributed by atoms with E-state index in [4.69, 9.17) is 4.74 Å². The molecule has 1 unspecified atom stereocenters. The van der Waals surface area contributed by atoms with Crippen LogP contribution in [-0.2, 0) is 4.79 Å². The van der Waals surface area contributed by atoms with Crippen molar-refractivity contribution in [2.75, 3.05) is 52.9 Å². The minimum Gasteiger partial charge on any atom is -0.481 e. The fourth-order valence-electron chi connectivity index (χ4n) is 4.21. The number of carbonyl (C=O) groups is 1. The summed E-state index contributed by atoms with van der Waals surface area (Å²) in [4.78, 5) is 22.0. The Morgan fingerprint density at radius 1 is 0.972 bits per heavy atom. The highest BCUT2D eigenvalue weighted by Gasteiger charge is 2.37. The number of carbonyl (C=O) groups excluding carboxylic acids is 1. The van der Waals surface area contributed by atoms with Crippen molar-refractivity contribution >= 4 is 17.3 Å². The summed E-state index contributed by atoms with van der Waals surface area (Å²) in [5, 5.41) is 4.07. The molecule has 0 saturated carbocycles. The molecule has 0 saturated heterocycles. The number of hydrogen-bond donors (Lipinski definition) is 0. The van der Waals surface area contributed by atoms with Crippen LogP contribution >= 0.6 is 0 Å². The number of unbranched alkanes of at least 4 members (excludes halogenated alkanes) is 1. The number of nitrogens with zero attached hydrogens (tertiary/aromatic N) is 5. The maximum Gasteiger partial charge on any atom is 0.245 e. The summed E-state index contributed by atoms with van der Waals surface area (Å²) in [5.74, 6) is 0.706. The first-order valence-electron chi connectivity index (χ1n) is 13.1. The average molecular weight is 496 g/mol. The first-order chi connectivity index (χ1) is 17.4. The van der Waals surface area contributed by atoms with E-state index in [0.29, 0.717) is 5.88 Å². The SMILES string of the molecule is CCCCN(CCC)C(=O)C1C=C(c2ccccc2)N(c2ccc(OC)nc2)N1C.CCCN(C)C. The van der Waals surface area contributed by atoms with Crippen LogP contribution in [0.25, 0.3) is 5.70 Å². The minimum absolute atomic E-state index is 0.144. The second-order valence-corrected chi connectivity index (χ2v) is 9.29. The summed E-state index contributed by atoms with van der Waals surface area (Å²) < 4.78 is 5.21. The van der Waals surface area contributed by atoms with Crippen molar-refractivity contribution in [1.82, 2.24) is 19.8 Å². The van der Waals surface area contributed by atoms with E-state index < -0.39 is 0 Å². The average Bonchev–Trinajstić information content (AvgIpc) is 3.24. The zero-order valence-electron chi connectivity index (χ0n) is 23.3. The van der Waals surface area contributed by atoms with Gasteiger partial charge < -0.3 is 14.5 Å². The lowest BCUT2D eigenvalue weighted by atomic mass is 10.1. The molecule has 3 rings (SSSR count). The number of amides is 1. The lowest BCUT2D eigenvalue weighted by Crippen LogP contribution is -2.49. The van der Waals surface area contributed by atoms with Gasteiger partial charge in [0.05, 0.1) is 24.7 Å². The fourth-order valence-corrected chi connectivity index (χ4v) is 4.21. The van der Waals surface area contributed by atoms with Crippen LogP contribution in [0.15, 0.2) is 54.7 Å². The number of ether oxygens (including phenoxy) is 1. The topological polar surface area (TPSA) is 52.2 Å². The lowest BCUT2D eigenvalue weighted by molar-refractivity contribution is -0.134. The Kier molecular flexibility index (Phi) is 12.4. The third-order valence-corrected chi connectivity index (χ3v) is 6.02. The maximum absolute atomic E-state index is 13.5. The highest BCUT2D eigenvalue weighted by molar-refractivity contribution is 5.92. The number of pyridine rings is 1. The van der Waals surface area contributed by atoms with Crippen LogP contribution in [0.1, 0.15) is 52.0 Å². The normalized spacial score (nSPS) is 15.4. The van der Waals surface area contributed by atoms with E-state index in [0.717, 1.165) is 49.3 Å². The summed E-state index contributed by atoms with van der Waals surface area (Å²) >= 11 is 0. The number of benzene rings is 1. The fraction of sp³-hybridized carbons (Fsp3) is 0.517. The van der Waals surface area contributed by atoms with Gasteiger partial charge >= 0.3 is 0 Å². The van der Waals surface area contributed by atoms with Crippen molar-refractivity contribution in [2.24, 2.45) is 0 Å². The molecule has 1 aliphatic heterocycles. The molecule has 1 aromatic carbocycles. The number of aromatic nitrogens is 1. The first kappa shape index (κ1) is 29.3. The largest absolute Gasteiger partial charge is 0.481 e. The molecule has 7 nitrogen and oxygen atoms in total. The molecule has 7 heteroatoms.